The predicted octanol–water partition coefficient (Wildman–Crippen LogP) is 25.0. The van der Waals surface area contributed by atoms with Crippen molar-refractivity contribution in [2.75, 3.05) is 13.2 Å². The van der Waals surface area contributed by atoms with E-state index in [0.29, 0.717) is 19.3 Å². The fourth-order valence-electron chi connectivity index (χ4n) is 11.2. The second-order valence-electron chi connectivity index (χ2n) is 24.9. The third-order valence-electron chi connectivity index (χ3n) is 16.7. The maximum atomic E-state index is 13.0. The highest BCUT2D eigenvalue weighted by molar-refractivity contribution is 5.71. The first-order valence-electron chi connectivity index (χ1n) is 36.3. The molecule has 0 N–H and O–H groups in total. The van der Waals surface area contributed by atoms with Crippen molar-refractivity contribution in [2.45, 2.75) is 419 Å². The summed E-state index contributed by atoms with van der Waals surface area (Å²) < 4.78 is 17.0. The van der Waals surface area contributed by atoms with Gasteiger partial charge >= 0.3 is 17.9 Å². The van der Waals surface area contributed by atoms with E-state index in [-0.39, 0.29) is 31.1 Å². The van der Waals surface area contributed by atoms with Crippen LogP contribution in [0.3, 0.4) is 0 Å². The van der Waals surface area contributed by atoms with E-state index >= 15 is 0 Å². The SMILES string of the molecule is CCCCCC/C=C\C/C=C\CCCCCCCCCC(=O)OC(COC(=O)CCCCCCCCCCCCCCCCCCCC)COC(=O)CCCCCCCCCCCCCCCCCCCCCCCCCCCC. The van der Waals surface area contributed by atoms with Gasteiger partial charge in [-0.05, 0) is 51.4 Å². The maximum Gasteiger partial charge on any atom is 0.306 e. The number of carbonyl (C=O) groups is 3. The number of hydrogen-bond acceptors (Lipinski definition) is 6. The number of carbonyl (C=O) groups excluding carboxylic acids is 3. The zero-order valence-electron chi connectivity index (χ0n) is 54.4. The molecule has 0 bridgehead atoms. The van der Waals surface area contributed by atoms with Crippen LogP contribution in [-0.2, 0) is 28.6 Å². The minimum absolute atomic E-state index is 0.0679. The summed E-state index contributed by atoms with van der Waals surface area (Å²) >= 11 is 0. The summed E-state index contributed by atoms with van der Waals surface area (Å²) in [5, 5.41) is 0. The van der Waals surface area contributed by atoms with Gasteiger partial charge in [-0.1, -0.05) is 366 Å². The number of rotatable bonds is 68. The molecule has 0 saturated heterocycles. The Morgan fingerprint density at radius 2 is 0.450 bits per heavy atom. The van der Waals surface area contributed by atoms with Crippen LogP contribution in [0, 0.1) is 0 Å². The molecule has 1 unspecified atom stereocenters. The molecule has 0 fully saturated rings. The lowest BCUT2D eigenvalue weighted by Gasteiger charge is -2.18. The summed E-state index contributed by atoms with van der Waals surface area (Å²) in [6, 6.07) is 0. The van der Waals surface area contributed by atoms with Crippen LogP contribution in [0.5, 0.6) is 0 Å². The van der Waals surface area contributed by atoms with Crippen molar-refractivity contribution in [3.05, 3.63) is 24.3 Å². The largest absolute Gasteiger partial charge is 0.462 e. The van der Waals surface area contributed by atoms with Gasteiger partial charge in [0, 0.05) is 19.3 Å². The molecule has 0 heterocycles. The minimum atomic E-state index is -0.773. The van der Waals surface area contributed by atoms with Gasteiger partial charge in [-0.15, -0.1) is 0 Å². The molecule has 0 aromatic carbocycles. The van der Waals surface area contributed by atoms with Gasteiger partial charge in [-0.25, -0.2) is 0 Å². The van der Waals surface area contributed by atoms with Crippen molar-refractivity contribution < 1.29 is 28.6 Å². The molecule has 0 radical (unpaired) electrons. The molecule has 6 nitrogen and oxygen atoms in total. The van der Waals surface area contributed by atoms with Crippen molar-refractivity contribution in [1.82, 2.24) is 0 Å². The number of esters is 3. The molecule has 0 spiro atoms. The van der Waals surface area contributed by atoms with Crippen LogP contribution in [0.15, 0.2) is 24.3 Å². The molecule has 80 heavy (non-hydrogen) atoms. The van der Waals surface area contributed by atoms with E-state index in [9.17, 15) is 14.4 Å². The van der Waals surface area contributed by atoms with Crippen LogP contribution in [-0.4, -0.2) is 37.2 Å². The number of hydrogen-bond donors (Lipinski definition) is 0. The molecule has 0 saturated carbocycles. The molecule has 472 valence electrons. The highest BCUT2D eigenvalue weighted by Crippen LogP contribution is 2.19. The second-order valence-corrected chi connectivity index (χ2v) is 24.9. The van der Waals surface area contributed by atoms with E-state index in [1.54, 1.807) is 0 Å². The Hall–Kier alpha value is -2.11. The van der Waals surface area contributed by atoms with Gasteiger partial charge in [0.1, 0.15) is 13.2 Å². The average molecular weight is 1130 g/mol. The van der Waals surface area contributed by atoms with Gasteiger partial charge in [0.05, 0.1) is 0 Å². The Morgan fingerprint density at radius 1 is 0.250 bits per heavy atom. The van der Waals surface area contributed by atoms with Gasteiger partial charge in [-0.3, -0.25) is 14.4 Å². The monoisotopic (exact) mass is 1130 g/mol. The van der Waals surface area contributed by atoms with Gasteiger partial charge in [-0.2, -0.15) is 0 Å². The fraction of sp³-hybridized carbons (Fsp3) is 0.905. The molecular weight excluding hydrogens is 985 g/mol. The summed E-state index contributed by atoms with van der Waals surface area (Å²) in [5.74, 6) is -0.840. The molecule has 0 aliphatic rings. The van der Waals surface area contributed by atoms with E-state index in [0.717, 1.165) is 70.6 Å². The molecule has 0 aliphatic heterocycles. The summed E-state index contributed by atoms with van der Waals surface area (Å²) in [7, 11) is 0. The van der Waals surface area contributed by atoms with Crippen molar-refractivity contribution in [1.29, 1.82) is 0 Å². The third-order valence-corrected chi connectivity index (χ3v) is 16.7. The lowest BCUT2D eigenvalue weighted by molar-refractivity contribution is -0.167. The summed E-state index contributed by atoms with van der Waals surface area (Å²) in [6.45, 7) is 6.71. The normalized spacial score (nSPS) is 12.1. The summed E-state index contributed by atoms with van der Waals surface area (Å²) in [4.78, 5) is 38.5. The molecular formula is C74H140O6. The Labute approximate surface area is 500 Å². The van der Waals surface area contributed by atoms with Crippen molar-refractivity contribution >= 4 is 17.9 Å². The molecule has 0 amide bonds. The predicted molar refractivity (Wildman–Crippen MR) is 349 cm³/mol. The Balaban J connectivity index is 4.25. The van der Waals surface area contributed by atoms with E-state index in [1.807, 2.05) is 0 Å². The number of allylic oxidation sites excluding steroid dienone is 4. The first-order valence-corrected chi connectivity index (χ1v) is 36.3. The van der Waals surface area contributed by atoms with Crippen molar-refractivity contribution in [3.8, 4) is 0 Å². The van der Waals surface area contributed by atoms with Gasteiger partial charge in [0.15, 0.2) is 6.10 Å². The summed E-state index contributed by atoms with van der Waals surface area (Å²) in [6.07, 6.45) is 85.0. The van der Waals surface area contributed by atoms with Gasteiger partial charge in [0.2, 0.25) is 0 Å². The average Bonchev–Trinajstić information content (AvgIpc) is 3.46. The Morgan fingerprint density at radius 3 is 0.700 bits per heavy atom. The maximum absolute atomic E-state index is 13.0. The Kier molecular flexibility index (Phi) is 67.6. The first-order chi connectivity index (χ1) is 39.5. The van der Waals surface area contributed by atoms with Crippen LogP contribution in [0.25, 0.3) is 0 Å². The lowest BCUT2D eigenvalue weighted by atomic mass is 10.0. The van der Waals surface area contributed by atoms with Crippen LogP contribution in [0.1, 0.15) is 412 Å². The lowest BCUT2D eigenvalue weighted by Crippen LogP contribution is -2.30. The topological polar surface area (TPSA) is 78.9 Å². The zero-order chi connectivity index (χ0) is 57.8. The first kappa shape index (κ1) is 77.9. The smallest absolute Gasteiger partial charge is 0.306 e. The van der Waals surface area contributed by atoms with E-state index in [2.05, 4.69) is 45.1 Å². The van der Waals surface area contributed by atoms with Crippen LogP contribution in [0.4, 0.5) is 0 Å². The fourth-order valence-corrected chi connectivity index (χ4v) is 11.2. The standard InChI is InChI=1S/C74H140O6/c1-4-7-10-13-16-19-22-25-28-31-34-35-36-37-38-39-40-41-44-46-49-52-55-58-61-64-67-73(76)79-70-71(80-74(77)68-65-62-59-56-53-50-47-43-33-30-27-24-21-18-15-12-9-6-3)69-78-72(75)66-63-60-57-54-51-48-45-42-32-29-26-23-20-17-14-11-8-5-2/h21,24,30,33,71H,4-20,22-23,25-29,31-32,34-70H2,1-3H3/b24-21-,33-30-. The highest BCUT2D eigenvalue weighted by Gasteiger charge is 2.19. The number of ether oxygens (including phenoxy) is 3. The molecule has 6 heteroatoms. The molecule has 0 aromatic rings. The zero-order valence-corrected chi connectivity index (χ0v) is 54.4. The molecule has 0 rings (SSSR count). The van der Waals surface area contributed by atoms with Gasteiger partial charge < -0.3 is 14.2 Å². The van der Waals surface area contributed by atoms with E-state index in [4.69, 9.17) is 14.2 Å². The quantitative estimate of drug-likeness (QED) is 0.0261. The van der Waals surface area contributed by atoms with E-state index in [1.165, 1.54) is 302 Å². The Bertz CT molecular complexity index is 1290. The van der Waals surface area contributed by atoms with Crippen molar-refractivity contribution in [2.24, 2.45) is 0 Å². The highest BCUT2D eigenvalue weighted by atomic mass is 16.6. The van der Waals surface area contributed by atoms with E-state index < -0.39 is 6.10 Å². The third kappa shape index (κ3) is 66.7. The van der Waals surface area contributed by atoms with Crippen molar-refractivity contribution in [3.63, 3.8) is 0 Å². The van der Waals surface area contributed by atoms with Crippen LogP contribution in [0.2, 0.25) is 0 Å². The number of unbranched alkanes of at least 4 members (excludes halogenated alkanes) is 53. The molecule has 0 aromatic heterocycles. The summed E-state index contributed by atoms with van der Waals surface area (Å²) in [5.41, 5.74) is 0. The molecule has 0 aliphatic carbocycles. The molecule has 1 atom stereocenters. The second kappa shape index (κ2) is 69.4. The van der Waals surface area contributed by atoms with Crippen LogP contribution < -0.4 is 0 Å². The van der Waals surface area contributed by atoms with Crippen LogP contribution >= 0.6 is 0 Å². The van der Waals surface area contributed by atoms with Gasteiger partial charge in [0.25, 0.3) is 0 Å². The minimum Gasteiger partial charge on any atom is -0.462 e.